The van der Waals surface area contributed by atoms with Crippen molar-refractivity contribution in [1.82, 2.24) is 0 Å². The van der Waals surface area contributed by atoms with Crippen LogP contribution in [0.15, 0.2) is 0 Å². The van der Waals surface area contributed by atoms with Gasteiger partial charge in [-0.1, -0.05) is 46.8 Å². The van der Waals surface area contributed by atoms with Gasteiger partial charge >= 0.3 is 0 Å². The van der Waals surface area contributed by atoms with Gasteiger partial charge in [0.2, 0.25) is 0 Å². The topological polar surface area (TPSA) is 9.23 Å². The van der Waals surface area contributed by atoms with Crippen LogP contribution in [-0.2, 0) is 4.43 Å². The van der Waals surface area contributed by atoms with E-state index in [1.165, 1.54) is 18.9 Å². The summed E-state index contributed by atoms with van der Waals surface area (Å²) in [6, 6.07) is 1.46. The van der Waals surface area contributed by atoms with Crippen LogP contribution in [0.4, 0.5) is 0 Å². The van der Waals surface area contributed by atoms with E-state index in [2.05, 4.69) is 54.6 Å². The lowest BCUT2D eigenvalue weighted by molar-refractivity contribution is 0.0442. The van der Waals surface area contributed by atoms with Crippen LogP contribution in [-0.4, -0.2) is 24.9 Å². The zero-order chi connectivity index (χ0) is 13.7. The Morgan fingerprint density at radius 3 is 1.76 bits per heavy atom. The monoisotopic (exact) mass is 274 g/mol. The van der Waals surface area contributed by atoms with E-state index in [1.807, 2.05) is 0 Å². The molecular formula is C14H34OSi2. The first kappa shape index (κ1) is 17.4. The van der Waals surface area contributed by atoms with Crippen molar-refractivity contribution in [3.63, 3.8) is 0 Å². The molecule has 17 heavy (non-hydrogen) atoms. The molecule has 0 bridgehead atoms. The highest BCUT2D eigenvalue weighted by molar-refractivity contribution is 6.33. The zero-order valence-electron chi connectivity index (χ0n) is 13.4. The summed E-state index contributed by atoms with van der Waals surface area (Å²) in [4.78, 5) is 0. The van der Waals surface area contributed by atoms with Crippen molar-refractivity contribution >= 4 is 19.3 Å². The predicted octanol–water partition coefficient (Wildman–Crippen LogP) is 3.38. The first-order valence-corrected chi connectivity index (χ1v) is 11.6. The maximum Gasteiger partial charge on any atom is 0.159 e. The molecule has 0 heterocycles. The van der Waals surface area contributed by atoms with Crippen LogP contribution in [0.2, 0.25) is 19.1 Å². The summed E-state index contributed by atoms with van der Waals surface area (Å²) >= 11 is 0. The fraction of sp³-hybridized carbons (Fsp3) is 1.00. The van der Waals surface area contributed by atoms with Crippen LogP contribution in [0.1, 0.15) is 54.4 Å². The van der Waals surface area contributed by atoms with Crippen molar-refractivity contribution < 1.29 is 4.43 Å². The highest BCUT2D eigenvalue weighted by Gasteiger charge is 2.33. The number of rotatable bonds is 8. The zero-order valence-corrected chi connectivity index (χ0v) is 16.3. The van der Waals surface area contributed by atoms with Crippen LogP contribution < -0.4 is 0 Å². The quantitative estimate of drug-likeness (QED) is 0.617. The molecule has 0 aromatic rings. The van der Waals surface area contributed by atoms with Gasteiger partial charge < -0.3 is 4.43 Å². The molecule has 3 heteroatoms. The van der Waals surface area contributed by atoms with E-state index in [0.29, 0.717) is 10.8 Å². The fourth-order valence-corrected chi connectivity index (χ4v) is 6.13. The Morgan fingerprint density at radius 1 is 0.824 bits per heavy atom. The molecule has 0 aliphatic carbocycles. The van der Waals surface area contributed by atoms with E-state index >= 15 is 0 Å². The van der Waals surface area contributed by atoms with Crippen LogP contribution >= 0.6 is 0 Å². The van der Waals surface area contributed by atoms with Gasteiger partial charge in [-0.3, -0.25) is 0 Å². The van der Waals surface area contributed by atoms with Crippen molar-refractivity contribution in [3.05, 3.63) is 0 Å². The third kappa shape index (κ3) is 8.17. The Labute approximate surface area is 114 Å². The molecule has 0 radical (unpaired) electrons. The number of hydrogen-bond acceptors (Lipinski definition) is 1. The van der Waals surface area contributed by atoms with E-state index in [-0.39, 0.29) is 24.9 Å². The van der Waals surface area contributed by atoms with E-state index in [4.69, 9.17) is 4.43 Å². The molecule has 0 unspecified atom stereocenters. The first-order valence-electron chi connectivity index (χ1n) is 7.17. The number of hydrogen-bond donors (Lipinski definition) is 0. The molecule has 0 fully saturated rings. The Hall–Kier alpha value is 0.394. The smallest absolute Gasteiger partial charge is 0.159 e. The summed E-state index contributed by atoms with van der Waals surface area (Å²) < 4.78 is 5.99. The average molecular weight is 275 g/mol. The second kappa shape index (κ2) is 6.53. The molecule has 0 aliphatic heterocycles. The summed E-state index contributed by atoms with van der Waals surface area (Å²) in [5.41, 5.74) is 0.981. The largest absolute Gasteiger partial charge is 0.419 e. The highest BCUT2D eigenvalue weighted by atomic mass is 28.2. The lowest BCUT2D eigenvalue weighted by atomic mass is 9.71. The SMILES string of the molecule is C[SiH2]CC(C)(C)CC(C)(C)CC(C)(C)O[SiH2]C. The van der Waals surface area contributed by atoms with Gasteiger partial charge in [-0.2, -0.15) is 0 Å². The van der Waals surface area contributed by atoms with Crippen molar-refractivity contribution in [3.8, 4) is 0 Å². The Bertz CT molecular complexity index is 200. The van der Waals surface area contributed by atoms with Crippen LogP contribution in [0, 0.1) is 10.8 Å². The summed E-state index contributed by atoms with van der Waals surface area (Å²) in [6.45, 7) is 18.9. The van der Waals surface area contributed by atoms with Gasteiger partial charge in [0.15, 0.2) is 9.76 Å². The van der Waals surface area contributed by atoms with Gasteiger partial charge in [0.25, 0.3) is 0 Å². The lowest BCUT2D eigenvalue weighted by Gasteiger charge is -2.40. The predicted molar refractivity (Wildman–Crippen MR) is 85.6 cm³/mol. The molecule has 0 rings (SSSR count). The van der Waals surface area contributed by atoms with Gasteiger partial charge in [-0.05, 0) is 37.5 Å². The molecule has 104 valence electrons. The summed E-state index contributed by atoms with van der Waals surface area (Å²) in [6.07, 6.45) is 2.49. The first-order chi connectivity index (χ1) is 7.54. The summed E-state index contributed by atoms with van der Waals surface area (Å²) in [5, 5.41) is 0. The molecule has 0 saturated carbocycles. The van der Waals surface area contributed by atoms with Crippen molar-refractivity contribution in [2.75, 3.05) is 0 Å². The van der Waals surface area contributed by atoms with Crippen LogP contribution in [0.3, 0.4) is 0 Å². The molecule has 1 nitrogen and oxygen atoms in total. The molecule has 0 N–H and O–H groups in total. The molecule has 0 aliphatic rings. The lowest BCUT2D eigenvalue weighted by Crippen LogP contribution is -2.35. The fourth-order valence-electron chi connectivity index (χ4n) is 3.72. The van der Waals surface area contributed by atoms with Crippen molar-refractivity contribution in [2.45, 2.75) is 79.1 Å². The van der Waals surface area contributed by atoms with E-state index in [0.717, 1.165) is 0 Å². The molecular weight excluding hydrogens is 240 g/mol. The summed E-state index contributed by atoms with van der Waals surface area (Å²) in [5.74, 6) is 0. The van der Waals surface area contributed by atoms with E-state index in [1.54, 1.807) is 0 Å². The van der Waals surface area contributed by atoms with Crippen LogP contribution in [0.25, 0.3) is 0 Å². The molecule has 0 spiro atoms. The van der Waals surface area contributed by atoms with Gasteiger partial charge in [0.05, 0.1) is 5.60 Å². The normalized spacial score (nSPS) is 15.5. The minimum atomic E-state index is -0.304. The molecule has 0 atom stereocenters. The Kier molecular flexibility index (Phi) is 6.68. The molecule has 0 saturated heterocycles. The second-order valence-electron chi connectivity index (χ2n) is 7.62. The molecule has 0 aromatic heterocycles. The van der Waals surface area contributed by atoms with Gasteiger partial charge in [0.1, 0.15) is 0 Å². The Morgan fingerprint density at radius 2 is 1.35 bits per heavy atom. The van der Waals surface area contributed by atoms with Gasteiger partial charge in [-0.15, -0.1) is 0 Å². The van der Waals surface area contributed by atoms with Gasteiger partial charge in [-0.25, -0.2) is 0 Å². The highest BCUT2D eigenvalue weighted by Crippen LogP contribution is 2.41. The third-order valence-corrected chi connectivity index (χ3v) is 6.25. The molecule has 0 amide bonds. The maximum absolute atomic E-state index is 5.99. The maximum atomic E-state index is 5.99. The Balaban J connectivity index is 4.47. The third-order valence-electron chi connectivity index (χ3n) is 3.32. The van der Waals surface area contributed by atoms with Crippen molar-refractivity contribution in [2.24, 2.45) is 10.8 Å². The second-order valence-corrected chi connectivity index (χ2v) is 9.99. The minimum absolute atomic E-state index is 0.0736. The summed E-state index contributed by atoms with van der Waals surface area (Å²) in [7, 11) is -0.139. The van der Waals surface area contributed by atoms with E-state index in [9.17, 15) is 0 Å². The van der Waals surface area contributed by atoms with Gasteiger partial charge in [0, 0.05) is 9.52 Å². The van der Waals surface area contributed by atoms with E-state index < -0.39 is 0 Å². The minimum Gasteiger partial charge on any atom is -0.419 e. The molecule has 0 aromatic carbocycles. The average Bonchev–Trinajstić information content (AvgIpc) is 1.96. The standard InChI is InChI=1S/C14H34OSi2/c1-12(2,9-13(3,4)11-16-7)10-14(5,6)15-17-8/h9-11,16-17H2,1-8H3. The van der Waals surface area contributed by atoms with Crippen molar-refractivity contribution in [1.29, 1.82) is 0 Å². The van der Waals surface area contributed by atoms with Crippen LogP contribution in [0.5, 0.6) is 0 Å².